The van der Waals surface area contributed by atoms with Crippen molar-refractivity contribution < 1.29 is 23.4 Å². The van der Waals surface area contributed by atoms with Gasteiger partial charge in [-0.3, -0.25) is 4.79 Å². The number of rotatable bonds is 6. The minimum absolute atomic E-state index is 0.0584. The van der Waals surface area contributed by atoms with E-state index in [0.717, 1.165) is 29.5 Å². The van der Waals surface area contributed by atoms with E-state index in [-0.39, 0.29) is 24.0 Å². The maximum Gasteiger partial charge on any atom is 0.387 e. The number of halogens is 2. The van der Waals surface area contributed by atoms with Gasteiger partial charge in [0.05, 0.1) is 6.42 Å². The van der Waals surface area contributed by atoms with Gasteiger partial charge in [0.15, 0.2) is 0 Å². The molecule has 1 saturated carbocycles. The predicted molar refractivity (Wildman–Crippen MR) is 70.5 cm³/mol. The molecule has 0 bridgehead atoms. The van der Waals surface area contributed by atoms with E-state index in [9.17, 15) is 13.6 Å². The maximum absolute atomic E-state index is 12.4. The molecule has 1 aromatic rings. The number of carboxylic acid groups (broad SMARTS) is 1. The number of hydrogen-bond acceptors (Lipinski definition) is 2. The van der Waals surface area contributed by atoms with Crippen molar-refractivity contribution in [2.45, 2.75) is 51.6 Å². The number of hydrogen-bond donors (Lipinski definition) is 1. The van der Waals surface area contributed by atoms with Crippen molar-refractivity contribution in [1.82, 2.24) is 0 Å². The molecule has 0 saturated heterocycles. The van der Waals surface area contributed by atoms with E-state index in [0.29, 0.717) is 0 Å². The highest BCUT2D eigenvalue weighted by Crippen LogP contribution is 2.45. The van der Waals surface area contributed by atoms with Crippen LogP contribution < -0.4 is 4.74 Å². The molecule has 1 aliphatic rings. The van der Waals surface area contributed by atoms with Gasteiger partial charge in [0.25, 0.3) is 0 Å². The smallest absolute Gasteiger partial charge is 0.387 e. The van der Waals surface area contributed by atoms with Crippen LogP contribution in [0, 0.1) is 0 Å². The first-order valence-corrected chi connectivity index (χ1v) is 6.71. The minimum atomic E-state index is -2.87. The van der Waals surface area contributed by atoms with Crippen LogP contribution in [-0.4, -0.2) is 17.7 Å². The second kappa shape index (κ2) is 5.77. The van der Waals surface area contributed by atoms with Crippen molar-refractivity contribution in [2.24, 2.45) is 0 Å². The summed E-state index contributed by atoms with van der Waals surface area (Å²) in [6.07, 6.45) is 1.87. The quantitative estimate of drug-likeness (QED) is 0.861. The summed E-state index contributed by atoms with van der Waals surface area (Å²) < 4.78 is 29.3. The van der Waals surface area contributed by atoms with Crippen molar-refractivity contribution in [3.8, 4) is 5.75 Å². The Morgan fingerprint density at radius 3 is 2.50 bits per heavy atom. The molecule has 1 fully saturated rings. The molecule has 0 amide bonds. The number of ether oxygens (including phenoxy) is 1. The third-order valence-electron chi connectivity index (χ3n) is 3.48. The molecule has 1 aromatic carbocycles. The second-order valence-electron chi connectivity index (χ2n) is 5.46. The minimum Gasteiger partial charge on any atom is -0.481 e. The van der Waals surface area contributed by atoms with E-state index in [4.69, 9.17) is 5.11 Å². The molecular weight excluding hydrogens is 266 g/mol. The average Bonchev–Trinajstić information content (AvgIpc) is 3.12. The molecule has 0 atom stereocenters. The summed E-state index contributed by atoms with van der Waals surface area (Å²) in [5.74, 6) is -0.442. The summed E-state index contributed by atoms with van der Waals surface area (Å²) in [5, 5.41) is 9.06. The van der Waals surface area contributed by atoms with Crippen LogP contribution in [0.4, 0.5) is 8.78 Å². The third kappa shape index (κ3) is 3.46. The fraction of sp³-hybridized carbons (Fsp3) is 0.533. The Labute approximate surface area is 116 Å². The average molecular weight is 284 g/mol. The number of carbonyl (C=O) groups is 1. The lowest BCUT2D eigenvalue weighted by Gasteiger charge is -2.18. The van der Waals surface area contributed by atoms with E-state index in [2.05, 4.69) is 4.74 Å². The number of carboxylic acids is 1. The van der Waals surface area contributed by atoms with E-state index in [1.807, 2.05) is 13.8 Å². The van der Waals surface area contributed by atoms with Gasteiger partial charge in [0.2, 0.25) is 0 Å². The number of alkyl halides is 2. The summed E-state index contributed by atoms with van der Waals surface area (Å²) in [6, 6.07) is 3.12. The zero-order valence-corrected chi connectivity index (χ0v) is 11.5. The second-order valence-corrected chi connectivity index (χ2v) is 5.46. The highest BCUT2D eigenvalue weighted by Gasteiger charge is 2.29. The Bertz CT molecular complexity index is 485. The van der Waals surface area contributed by atoms with Crippen molar-refractivity contribution in [2.75, 3.05) is 0 Å². The van der Waals surface area contributed by atoms with Crippen molar-refractivity contribution >= 4 is 5.97 Å². The first-order chi connectivity index (χ1) is 9.38. The summed E-state index contributed by atoms with van der Waals surface area (Å²) >= 11 is 0. The zero-order chi connectivity index (χ0) is 14.9. The van der Waals surface area contributed by atoms with Gasteiger partial charge in [-0.25, -0.2) is 0 Å². The standard InChI is InChI=1S/C15H18F2O3/c1-8(2)11-5-10(20-15(16)17)6-12(9-3-4-9)13(11)7-14(18)19/h5-6,8-9,15H,3-4,7H2,1-2H3,(H,18,19). The number of benzene rings is 1. The molecule has 20 heavy (non-hydrogen) atoms. The summed E-state index contributed by atoms with van der Waals surface area (Å²) in [5.41, 5.74) is 2.40. The largest absolute Gasteiger partial charge is 0.481 e. The molecule has 0 aromatic heterocycles. The van der Waals surface area contributed by atoms with E-state index < -0.39 is 12.6 Å². The highest BCUT2D eigenvalue weighted by atomic mass is 19.3. The molecule has 0 heterocycles. The Balaban J connectivity index is 2.48. The van der Waals surface area contributed by atoms with Crippen LogP contribution >= 0.6 is 0 Å². The van der Waals surface area contributed by atoms with Crippen LogP contribution in [0.25, 0.3) is 0 Å². The molecule has 2 rings (SSSR count). The third-order valence-corrected chi connectivity index (χ3v) is 3.48. The van der Waals surface area contributed by atoms with Gasteiger partial charge in [-0.1, -0.05) is 13.8 Å². The molecule has 0 unspecified atom stereocenters. The van der Waals surface area contributed by atoms with Gasteiger partial charge >= 0.3 is 12.6 Å². The molecule has 5 heteroatoms. The maximum atomic E-state index is 12.4. The van der Waals surface area contributed by atoms with Gasteiger partial charge in [0.1, 0.15) is 5.75 Å². The van der Waals surface area contributed by atoms with Crippen LogP contribution in [0.3, 0.4) is 0 Å². The Kier molecular flexibility index (Phi) is 4.26. The van der Waals surface area contributed by atoms with E-state index in [1.54, 1.807) is 12.1 Å². The van der Waals surface area contributed by atoms with E-state index >= 15 is 0 Å². The van der Waals surface area contributed by atoms with Crippen LogP contribution in [-0.2, 0) is 11.2 Å². The normalized spacial score (nSPS) is 14.9. The van der Waals surface area contributed by atoms with Gasteiger partial charge in [-0.15, -0.1) is 0 Å². The molecule has 0 aliphatic heterocycles. The molecule has 3 nitrogen and oxygen atoms in total. The molecule has 110 valence electrons. The molecule has 1 N–H and O–H groups in total. The Morgan fingerprint density at radius 1 is 1.40 bits per heavy atom. The molecule has 0 spiro atoms. The summed E-state index contributed by atoms with van der Waals surface area (Å²) in [4.78, 5) is 11.1. The number of aliphatic carboxylic acids is 1. The van der Waals surface area contributed by atoms with Gasteiger partial charge in [-0.05, 0) is 53.5 Å². The monoisotopic (exact) mass is 284 g/mol. The Hall–Kier alpha value is -1.65. The highest BCUT2D eigenvalue weighted by molar-refractivity contribution is 5.72. The molecule has 1 aliphatic carbocycles. The lowest BCUT2D eigenvalue weighted by atomic mass is 9.89. The zero-order valence-electron chi connectivity index (χ0n) is 11.5. The first kappa shape index (κ1) is 14.8. The first-order valence-electron chi connectivity index (χ1n) is 6.71. The van der Waals surface area contributed by atoms with E-state index in [1.165, 1.54) is 0 Å². The van der Waals surface area contributed by atoms with Gasteiger partial charge in [0, 0.05) is 0 Å². The lowest BCUT2D eigenvalue weighted by Crippen LogP contribution is -2.10. The topological polar surface area (TPSA) is 46.5 Å². The van der Waals surface area contributed by atoms with Crippen molar-refractivity contribution in [3.63, 3.8) is 0 Å². The van der Waals surface area contributed by atoms with Crippen LogP contribution in [0.2, 0.25) is 0 Å². The Morgan fingerprint density at radius 2 is 2.05 bits per heavy atom. The van der Waals surface area contributed by atoms with Gasteiger partial charge in [-0.2, -0.15) is 8.78 Å². The van der Waals surface area contributed by atoms with Crippen LogP contribution in [0.15, 0.2) is 12.1 Å². The molecule has 0 radical (unpaired) electrons. The SMILES string of the molecule is CC(C)c1cc(OC(F)F)cc(C2CC2)c1CC(=O)O. The predicted octanol–water partition coefficient (Wildman–Crippen LogP) is 3.92. The van der Waals surface area contributed by atoms with Crippen LogP contribution in [0.1, 0.15) is 55.2 Å². The fourth-order valence-corrected chi connectivity index (χ4v) is 2.49. The fourth-order valence-electron chi connectivity index (χ4n) is 2.49. The summed E-state index contributed by atoms with van der Waals surface area (Å²) in [7, 11) is 0. The van der Waals surface area contributed by atoms with Crippen molar-refractivity contribution in [1.29, 1.82) is 0 Å². The van der Waals surface area contributed by atoms with Crippen molar-refractivity contribution in [3.05, 3.63) is 28.8 Å². The lowest BCUT2D eigenvalue weighted by molar-refractivity contribution is -0.136. The summed E-state index contributed by atoms with van der Waals surface area (Å²) in [6.45, 7) is 0.972. The van der Waals surface area contributed by atoms with Gasteiger partial charge < -0.3 is 9.84 Å². The van der Waals surface area contributed by atoms with Crippen LogP contribution in [0.5, 0.6) is 5.75 Å². The molecular formula is C15H18F2O3.